The van der Waals surface area contributed by atoms with Crippen molar-refractivity contribution in [3.8, 4) is 0 Å². The van der Waals surface area contributed by atoms with Gasteiger partial charge in [-0.3, -0.25) is 9.69 Å². The number of carbonyl (C=O) groups excluding carboxylic acids is 2. The summed E-state index contributed by atoms with van der Waals surface area (Å²) in [5, 5.41) is 14.3. The molecule has 9 nitrogen and oxygen atoms in total. The Kier molecular flexibility index (Phi) is 6.81. The zero-order valence-corrected chi connectivity index (χ0v) is 17.1. The Morgan fingerprint density at radius 3 is 2.48 bits per heavy atom. The lowest BCUT2D eigenvalue weighted by atomic mass is 9.86. The molecule has 1 spiro atoms. The first-order valence-electron chi connectivity index (χ1n) is 9.80. The third kappa shape index (κ3) is 4.25. The van der Waals surface area contributed by atoms with Crippen LogP contribution in [-0.4, -0.2) is 73.7 Å². The summed E-state index contributed by atoms with van der Waals surface area (Å²) >= 11 is 0. The summed E-state index contributed by atoms with van der Waals surface area (Å²) in [4.78, 5) is 29.7. The molecule has 0 bridgehead atoms. The van der Waals surface area contributed by atoms with Crippen LogP contribution >= 0.6 is 12.4 Å². The molecular formula is C19H26ClN7O2. The largest absolute Gasteiger partial charge is 0.327 e. The van der Waals surface area contributed by atoms with E-state index in [1.54, 1.807) is 4.68 Å². The average molecular weight is 420 g/mol. The molecule has 0 unspecified atom stereocenters. The summed E-state index contributed by atoms with van der Waals surface area (Å²) in [5.41, 5.74) is 0.468. The predicted octanol–water partition coefficient (Wildman–Crippen LogP) is 1.11. The lowest BCUT2D eigenvalue weighted by molar-refractivity contribution is -0.134. The molecule has 1 N–H and O–H groups in total. The van der Waals surface area contributed by atoms with E-state index in [9.17, 15) is 9.59 Å². The van der Waals surface area contributed by atoms with Crippen LogP contribution in [0.4, 0.5) is 4.79 Å². The van der Waals surface area contributed by atoms with Gasteiger partial charge in [-0.2, -0.15) is 0 Å². The SMILES string of the molecule is Cl.O=C1N(CCCn2cnnn2)C(=O)C2(CCNCC2)N1CCc1ccccc1. The molecule has 0 radical (unpaired) electrons. The smallest absolute Gasteiger partial charge is 0.317 e. The number of urea groups is 1. The van der Waals surface area contributed by atoms with E-state index < -0.39 is 5.54 Å². The summed E-state index contributed by atoms with van der Waals surface area (Å²) in [6.07, 6.45) is 4.23. The van der Waals surface area contributed by atoms with E-state index in [1.165, 1.54) is 16.8 Å². The van der Waals surface area contributed by atoms with Crippen molar-refractivity contribution in [2.24, 2.45) is 0 Å². The fourth-order valence-electron chi connectivity index (χ4n) is 4.17. The van der Waals surface area contributed by atoms with Crippen molar-refractivity contribution in [2.45, 2.75) is 37.8 Å². The van der Waals surface area contributed by atoms with Gasteiger partial charge in [-0.1, -0.05) is 30.3 Å². The lowest BCUT2D eigenvalue weighted by Crippen LogP contribution is -2.56. The van der Waals surface area contributed by atoms with Crippen molar-refractivity contribution in [3.05, 3.63) is 42.2 Å². The van der Waals surface area contributed by atoms with Crippen LogP contribution in [0.15, 0.2) is 36.7 Å². The Morgan fingerprint density at radius 2 is 1.79 bits per heavy atom. The van der Waals surface area contributed by atoms with Crippen LogP contribution in [0.1, 0.15) is 24.8 Å². The van der Waals surface area contributed by atoms with Gasteiger partial charge >= 0.3 is 6.03 Å². The number of carbonyl (C=O) groups is 2. The third-order valence-corrected chi connectivity index (χ3v) is 5.68. The first-order chi connectivity index (χ1) is 13.7. The standard InChI is InChI=1S/C19H25N7O2.ClH/c27-17-19(8-10-20-11-9-19)26(14-7-16-5-2-1-3-6-16)18(28)25(17)13-4-12-24-15-21-22-23-24;/h1-3,5-6,15,20H,4,7-14H2;1H. The second-order valence-electron chi connectivity index (χ2n) is 7.33. The highest BCUT2D eigenvalue weighted by Gasteiger charge is 2.56. The van der Waals surface area contributed by atoms with Gasteiger partial charge in [0.2, 0.25) is 0 Å². The summed E-state index contributed by atoms with van der Waals surface area (Å²) in [6, 6.07) is 9.92. The molecule has 1 aromatic carbocycles. The molecular weight excluding hydrogens is 394 g/mol. The number of rotatable bonds is 7. The van der Waals surface area contributed by atoms with E-state index >= 15 is 0 Å². The van der Waals surface area contributed by atoms with Gasteiger partial charge in [0.05, 0.1) is 0 Å². The number of aromatic nitrogens is 4. The molecule has 0 atom stereocenters. The Labute approximate surface area is 175 Å². The summed E-state index contributed by atoms with van der Waals surface area (Å²) < 4.78 is 1.61. The molecule has 2 aromatic rings. The van der Waals surface area contributed by atoms with Crippen molar-refractivity contribution in [1.82, 2.24) is 35.3 Å². The van der Waals surface area contributed by atoms with Crippen molar-refractivity contribution < 1.29 is 9.59 Å². The van der Waals surface area contributed by atoms with Crippen LogP contribution in [0.2, 0.25) is 0 Å². The van der Waals surface area contributed by atoms with Crippen LogP contribution in [0.5, 0.6) is 0 Å². The maximum Gasteiger partial charge on any atom is 0.327 e. The Bertz CT molecular complexity index is 809. The molecule has 0 saturated carbocycles. The number of aryl methyl sites for hydroxylation is 1. The van der Waals surface area contributed by atoms with Crippen LogP contribution < -0.4 is 5.32 Å². The fraction of sp³-hybridized carbons (Fsp3) is 0.526. The van der Waals surface area contributed by atoms with Crippen LogP contribution in [0.25, 0.3) is 0 Å². The van der Waals surface area contributed by atoms with Gasteiger partial charge in [0.15, 0.2) is 0 Å². The second kappa shape index (κ2) is 9.32. The zero-order valence-electron chi connectivity index (χ0n) is 16.2. The second-order valence-corrected chi connectivity index (χ2v) is 7.33. The van der Waals surface area contributed by atoms with E-state index in [0.29, 0.717) is 38.9 Å². The quantitative estimate of drug-likeness (QED) is 0.675. The number of hydrogen-bond donors (Lipinski definition) is 1. The number of nitrogens with one attached hydrogen (secondary N) is 1. The molecule has 3 amide bonds. The van der Waals surface area contributed by atoms with Crippen LogP contribution in [0.3, 0.4) is 0 Å². The van der Waals surface area contributed by atoms with Crippen molar-refractivity contribution in [3.63, 3.8) is 0 Å². The number of halogens is 1. The van der Waals surface area contributed by atoms with E-state index in [-0.39, 0.29) is 24.3 Å². The fourth-order valence-corrected chi connectivity index (χ4v) is 4.17. The van der Waals surface area contributed by atoms with Gasteiger partial charge in [-0.15, -0.1) is 17.5 Å². The van der Waals surface area contributed by atoms with E-state index in [1.807, 2.05) is 23.1 Å². The minimum Gasteiger partial charge on any atom is -0.317 e. The lowest BCUT2D eigenvalue weighted by Gasteiger charge is -2.38. The monoisotopic (exact) mass is 419 g/mol. The van der Waals surface area contributed by atoms with Gasteiger partial charge in [0, 0.05) is 19.6 Å². The van der Waals surface area contributed by atoms with Crippen LogP contribution in [-0.2, 0) is 17.8 Å². The number of nitrogens with zero attached hydrogens (tertiary/aromatic N) is 6. The zero-order chi connectivity index (χ0) is 19.4. The molecule has 1 aromatic heterocycles. The van der Waals surface area contributed by atoms with Gasteiger partial charge in [0.25, 0.3) is 5.91 Å². The van der Waals surface area contributed by atoms with Crippen molar-refractivity contribution >= 4 is 24.3 Å². The predicted molar refractivity (Wildman–Crippen MR) is 108 cm³/mol. The van der Waals surface area contributed by atoms with Gasteiger partial charge in [-0.25, -0.2) is 9.48 Å². The van der Waals surface area contributed by atoms with Crippen molar-refractivity contribution in [2.75, 3.05) is 26.2 Å². The molecule has 10 heteroatoms. The third-order valence-electron chi connectivity index (χ3n) is 5.68. The molecule has 0 aliphatic carbocycles. The minimum atomic E-state index is -0.702. The number of tetrazole rings is 1. The first kappa shape index (κ1) is 21.2. The molecule has 2 fully saturated rings. The Hall–Kier alpha value is -2.52. The molecule has 3 heterocycles. The Balaban J connectivity index is 0.00000240. The van der Waals surface area contributed by atoms with Crippen molar-refractivity contribution in [1.29, 1.82) is 0 Å². The maximum atomic E-state index is 13.3. The number of hydrogen-bond acceptors (Lipinski definition) is 6. The Morgan fingerprint density at radius 1 is 1.03 bits per heavy atom. The van der Waals surface area contributed by atoms with Crippen LogP contribution in [0, 0.1) is 0 Å². The average Bonchev–Trinajstić information content (AvgIpc) is 3.31. The van der Waals surface area contributed by atoms with Gasteiger partial charge in [-0.05, 0) is 54.8 Å². The number of imide groups is 1. The van der Waals surface area contributed by atoms with Gasteiger partial charge < -0.3 is 10.2 Å². The molecule has 2 aliphatic rings. The highest BCUT2D eigenvalue weighted by atomic mass is 35.5. The first-order valence-corrected chi connectivity index (χ1v) is 9.80. The molecule has 2 aliphatic heterocycles. The summed E-state index contributed by atoms with van der Waals surface area (Å²) in [6.45, 7) is 3.01. The van der Waals surface area contributed by atoms with E-state index in [2.05, 4.69) is 33.0 Å². The topological polar surface area (TPSA) is 96.2 Å². The van der Waals surface area contributed by atoms with E-state index in [4.69, 9.17) is 0 Å². The molecule has 156 valence electrons. The highest BCUT2D eigenvalue weighted by molar-refractivity contribution is 6.07. The number of piperidine rings is 1. The maximum absolute atomic E-state index is 13.3. The number of amides is 3. The normalized spacial score (nSPS) is 18.3. The van der Waals surface area contributed by atoms with E-state index in [0.717, 1.165) is 19.5 Å². The minimum absolute atomic E-state index is 0. The number of benzene rings is 1. The summed E-state index contributed by atoms with van der Waals surface area (Å²) in [5.74, 6) is -0.0521. The molecule has 4 rings (SSSR count). The van der Waals surface area contributed by atoms with Gasteiger partial charge in [0.1, 0.15) is 11.9 Å². The molecule has 29 heavy (non-hydrogen) atoms. The highest BCUT2D eigenvalue weighted by Crippen LogP contribution is 2.35. The summed E-state index contributed by atoms with van der Waals surface area (Å²) in [7, 11) is 0. The molecule has 2 saturated heterocycles.